The lowest BCUT2D eigenvalue weighted by atomic mass is 9.87. The van der Waals surface area contributed by atoms with Crippen molar-refractivity contribution in [1.82, 2.24) is 15.1 Å². The first-order chi connectivity index (χ1) is 14.0. The van der Waals surface area contributed by atoms with Crippen LogP contribution in [0.2, 0.25) is 0 Å². The molecule has 6 nitrogen and oxygen atoms in total. The van der Waals surface area contributed by atoms with Crippen LogP contribution in [0.3, 0.4) is 0 Å². The fourth-order valence-electron chi connectivity index (χ4n) is 4.43. The topological polar surface area (TPSA) is 61.9 Å². The van der Waals surface area contributed by atoms with Crippen molar-refractivity contribution in [1.29, 1.82) is 0 Å². The highest BCUT2D eigenvalue weighted by molar-refractivity contribution is 5.94. The van der Waals surface area contributed by atoms with Crippen molar-refractivity contribution in [2.45, 2.75) is 52.5 Å². The number of nitrogens with zero attached hydrogens (tertiary/aromatic N) is 2. The van der Waals surface area contributed by atoms with Crippen molar-refractivity contribution in [2.24, 2.45) is 5.92 Å². The number of benzene rings is 1. The van der Waals surface area contributed by atoms with Gasteiger partial charge < -0.3 is 15.0 Å². The second kappa shape index (κ2) is 10.1. The molecule has 2 unspecified atom stereocenters. The van der Waals surface area contributed by atoms with Gasteiger partial charge in [0.15, 0.2) is 0 Å². The van der Waals surface area contributed by atoms with Gasteiger partial charge in [0.1, 0.15) is 5.75 Å². The van der Waals surface area contributed by atoms with Crippen LogP contribution < -0.4 is 10.1 Å². The molecule has 1 aliphatic heterocycles. The van der Waals surface area contributed by atoms with Crippen molar-refractivity contribution >= 4 is 11.8 Å². The highest BCUT2D eigenvalue weighted by atomic mass is 16.5. The Balaban J connectivity index is 1.45. The standard InChI is InChI=1S/C23H35N3O3/c1-4-29-21-9-8-19(15-18(21)3)23(28)26-12-10-25(11-13-26)16-22(27)24-20-7-5-6-17(2)14-20/h8-9,15,17,20H,4-7,10-14,16H2,1-3H3,(H,24,27). The monoisotopic (exact) mass is 401 g/mol. The largest absolute Gasteiger partial charge is 0.494 e. The maximum Gasteiger partial charge on any atom is 0.253 e. The molecule has 1 heterocycles. The van der Waals surface area contributed by atoms with Gasteiger partial charge in [0.2, 0.25) is 5.91 Å². The molecule has 0 bridgehead atoms. The third-order valence-corrected chi connectivity index (χ3v) is 6.05. The first-order valence-electron chi connectivity index (χ1n) is 11.0. The van der Waals surface area contributed by atoms with Gasteiger partial charge in [0.25, 0.3) is 5.91 Å². The second-order valence-corrected chi connectivity index (χ2v) is 8.52. The summed E-state index contributed by atoms with van der Waals surface area (Å²) in [5, 5.41) is 3.21. The molecule has 0 radical (unpaired) electrons. The molecule has 1 aromatic rings. The van der Waals surface area contributed by atoms with Gasteiger partial charge in [-0.05, 0) is 56.4 Å². The van der Waals surface area contributed by atoms with E-state index in [9.17, 15) is 9.59 Å². The maximum atomic E-state index is 12.8. The summed E-state index contributed by atoms with van der Waals surface area (Å²) in [4.78, 5) is 29.3. The number of amides is 2. The van der Waals surface area contributed by atoms with E-state index < -0.39 is 0 Å². The highest BCUT2D eigenvalue weighted by Gasteiger charge is 2.25. The van der Waals surface area contributed by atoms with E-state index >= 15 is 0 Å². The third-order valence-electron chi connectivity index (χ3n) is 6.05. The smallest absolute Gasteiger partial charge is 0.253 e. The van der Waals surface area contributed by atoms with Crippen LogP contribution in [-0.2, 0) is 4.79 Å². The minimum absolute atomic E-state index is 0.0523. The number of nitrogens with one attached hydrogen (secondary N) is 1. The molecule has 1 N–H and O–H groups in total. The predicted molar refractivity (Wildman–Crippen MR) is 114 cm³/mol. The van der Waals surface area contributed by atoms with Crippen LogP contribution in [0, 0.1) is 12.8 Å². The van der Waals surface area contributed by atoms with Crippen LogP contribution in [0.25, 0.3) is 0 Å². The van der Waals surface area contributed by atoms with Crippen LogP contribution in [0.15, 0.2) is 18.2 Å². The van der Waals surface area contributed by atoms with E-state index in [1.54, 1.807) is 0 Å². The molecular formula is C23H35N3O3. The van der Waals surface area contributed by atoms with Gasteiger partial charge in [0, 0.05) is 37.8 Å². The Morgan fingerprint density at radius 1 is 1.17 bits per heavy atom. The van der Waals surface area contributed by atoms with E-state index in [0.717, 1.165) is 37.2 Å². The Morgan fingerprint density at radius 3 is 2.59 bits per heavy atom. The Bertz CT molecular complexity index is 713. The normalized spacial score (nSPS) is 22.9. The van der Waals surface area contributed by atoms with Crippen molar-refractivity contribution in [3.05, 3.63) is 29.3 Å². The quantitative estimate of drug-likeness (QED) is 0.796. The molecule has 3 rings (SSSR count). The van der Waals surface area contributed by atoms with Gasteiger partial charge in [-0.25, -0.2) is 0 Å². The van der Waals surface area contributed by atoms with Gasteiger partial charge in [-0.2, -0.15) is 0 Å². The fourth-order valence-corrected chi connectivity index (χ4v) is 4.43. The van der Waals surface area contributed by atoms with Gasteiger partial charge >= 0.3 is 0 Å². The van der Waals surface area contributed by atoms with E-state index in [-0.39, 0.29) is 11.8 Å². The molecule has 2 atom stereocenters. The van der Waals surface area contributed by atoms with E-state index in [1.165, 1.54) is 12.8 Å². The predicted octanol–water partition coefficient (Wildman–Crippen LogP) is 2.85. The summed E-state index contributed by atoms with van der Waals surface area (Å²) in [7, 11) is 0. The third kappa shape index (κ3) is 5.95. The summed E-state index contributed by atoms with van der Waals surface area (Å²) < 4.78 is 5.56. The minimum atomic E-state index is 0.0523. The Kier molecular flexibility index (Phi) is 7.53. The average Bonchev–Trinajstić information content (AvgIpc) is 2.69. The first-order valence-corrected chi connectivity index (χ1v) is 11.0. The van der Waals surface area contributed by atoms with Crippen LogP contribution in [-0.4, -0.2) is 67.0 Å². The lowest BCUT2D eigenvalue weighted by Crippen LogP contribution is -2.52. The molecule has 2 aliphatic rings. The summed E-state index contributed by atoms with van der Waals surface area (Å²) in [6, 6.07) is 5.94. The fraction of sp³-hybridized carbons (Fsp3) is 0.652. The summed E-state index contributed by atoms with van der Waals surface area (Å²) >= 11 is 0. The first kappa shape index (κ1) is 21.6. The molecule has 1 aromatic carbocycles. The van der Waals surface area contributed by atoms with Crippen molar-refractivity contribution in [3.8, 4) is 5.75 Å². The van der Waals surface area contributed by atoms with Crippen LogP contribution in [0.4, 0.5) is 0 Å². The minimum Gasteiger partial charge on any atom is -0.494 e. The lowest BCUT2D eigenvalue weighted by Gasteiger charge is -2.35. The Labute approximate surface area is 174 Å². The Morgan fingerprint density at radius 2 is 1.93 bits per heavy atom. The van der Waals surface area contributed by atoms with Crippen LogP contribution >= 0.6 is 0 Å². The molecule has 1 saturated heterocycles. The number of aryl methyl sites for hydroxylation is 1. The van der Waals surface area contributed by atoms with E-state index in [1.807, 2.05) is 36.9 Å². The molecule has 2 amide bonds. The van der Waals surface area contributed by atoms with E-state index in [0.29, 0.717) is 43.8 Å². The van der Waals surface area contributed by atoms with Crippen LogP contribution in [0.1, 0.15) is 55.5 Å². The number of piperazine rings is 1. The zero-order valence-electron chi connectivity index (χ0n) is 18.1. The molecule has 29 heavy (non-hydrogen) atoms. The maximum absolute atomic E-state index is 12.8. The zero-order valence-corrected chi connectivity index (χ0v) is 18.1. The second-order valence-electron chi connectivity index (χ2n) is 8.52. The van der Waals surface area contributed by atoms with Crippen molar-refractivity contribution in [2.75, 3.05) is 39.3 Å². The van der Waals surface area contributed by atoms with Gasteiger partial charge in [-0.1, -0.05) is 19.8 Å². The van der Waals surface area contributed by atoms with E-state index in [4.69, 9.17) is 4.74 Å². The molecule has 160 valence electrons. The summed E-state index contributed by atoms with van der Waals surface area (Å²) in [5.74, 6) is 1.70. The SMILES string of the molecule is CCOc1ccc(C(=O)N2CCN(CC(=O)NC3CCCC(C)C3)CC2)cc1C. The number of hydrogen-bond acceptors (Lipinski definition) is 4. The average molecular weight is 402 g/mol. The summed E-state index contributed by atoms with van der Waals surface area (Å²) in [5.41, 5.74) is 1.67. The van der Waals surface area contributed by atoms with Gasteiger partial charge in [0.05, 0.1) is 13.2 Å². The number of ether oxygens (including phenoxy) is 1. The number of hydrogen-bond donors (Lipinski definition) is 1. The molecule has 0 spiro atoms. The number of carbonyl (C=O) groups is 2. The van der Waals surface area contributed by atoms with Gasteiger partial charge in [-0.3, -0.25) is 14.5 Å². The molecule has 2 fully saturated rings. The Hall–Kier alpha value is -2.08. The number of carbonyl (C=O) groups excluding carboxylic acids is 2. The number of rotatable bonds is 6. The summed E-state index contributed by atoms with van der Waals surface area (Å²) in [6.45, 7) is 9.99. The zero-order chi connectivity index (χ0) is 20.8. The van der Waals surface area contributed by atoms with Crippen molar-refractivity contribution in [3.63, 3.8) is 0 Å². The van der Waals surface area contributed by atoms with Gasteiger partial charge in [-0.15, -0.1) is 0 Å². The molecular weight excluding hydrogens is 366 g/mol. The molecule has 1 saturated carbocycles. The highest BCUT2D eigenvalue weighted by Crippen LogP contribution is 2.23. The molecule has 0 aromatic heterocycles. The van der Waals surface area contributed by atoms with Crippen LogP contribution in [0.5, 0.6) is 5.75 Å². The summed E-state index contributed by atoms with van der Waals surface area (Å²) in [6.07, 6.45) is 4.67. The van der Waals surface area contributed by atoms with Crippen molar-refractivity contribution < 1.29 is 14.3 Å². The molecule has 6 heteroatoms. The van der Waals surface area contributed by atoms with E-state index in [2.05, 4.69) is 17.1 Å². The lowest BCUT2D eigenvalue weighted by molar-refractivity contribution is -0.123. The molecule has 1 aliphatic carbocycles.